The Morgan fingerprint density at radius 1 is 1.31 bits per heavy atom. The minimum absolute atomic E-state index is 0.231. The SMILES string of the molecule is CN(C)C(=C[NH+](C)C)ON1C(=O)CCC1=O. The minimum Gasteiger partial charge on any atom is -0.345 e. The van der Waals surface area contributed by atoms with Gasteiger partial charge < -0.3 is 14.6 Å². The summed E-state index contributed by atoms with van der Waals surface area (Å²) < 4.78 is 0. The Balaban J connectivity index is 2.76. The number of hydroxylamine groups is 2. The van der Waals surface area contributed by atoms with Crippen molar-refractivity contribution in [3.63, 3.8) is 0 Å². The van der Waals surface area contributed by atoms with Crippen LogP contribution >= 0.6 is 0 Å². The molecule has 6 nitrogen and oxygen atoms in total. The van der Waals surface area contributed by atoms with Crippen LogP contribution < -0.4 is 4.90 Å². The van der Waals surface area contributed by atoms with Gasteiger partial charge in [0, 0.05) is 26.9 Å². The number of rotatable bonds is 4. The molecule has 0 atom stereocenters. The summed E-state index contributed by atoms with van der Waals surface area (Å²) in [6.07, 6.45) is 2.24. The van der Waals surface area contributed by atoms with Gasteiger partial charge in [0.15, 0.2) is 6.20 Å². The molecule has 0 aliphatic carbocycles. The molecule has 1 aliphatic heterocycles. The first-order chi connectivity index (χ1) is 7.41. The van der Waals surface area contributed by atoms with E-state index >= 15 is 0 Å². The largest absolute Gasteiger partial charge is 0.345 e. The number of nitrogens with one attached hydrogen (secondary N) is 1. The first-order valence-electron chi connectivity index (χ1n) is 5.14. The summed E-state index contributed by atoms with van der Waals surface area (Å²) in [4.78, 5) is 30.8. The van der Waals surface area contributed by atoms with E-state index in [1.165, 1.54) is 0 Å². The van der Waals surface area contributed by atoms with Crippen LogP contribution in [0.25, 0.3) is 0 Å². The molecular weight excluding hydrogens is 210 g/mol. The lowest BCUT2D eigenvalue weighted by Crippen LogP contribution is -3.00. The predicted octanol–water partition coefficient (Wildman–Crippen LogP) is -1.43. The molecule has 1 fully saturated rings. The fourth-order valence-corrected chi connectivity index (χ4v) is 1.24. The van der Waals surface area contributed by atoms with Crippen molar-refractivity contribution in [3.05, 3.63) is 12.1 Å². The lowest BCUT2D eigenvalue weighted by molar-refractivity contribution is -0.803. The van der Waals surface area contributed by atoms with E-state index in [4.69, 9.17) is 4.84 Å². The third-order valence-corrected chi connectivity index (χ3v) is 2.04. The van der Waals surface area contributed by atoms with Crippen LogP contribution in [0.15, 0.2) is 12.1 Å². The molecule has 0 spiro atoms. The van der Waals surface area contributed by atoms with Gasteiger partial charge >= 0.3 is 0 Å². The summed E-state index contributed by atoms with van der Waals surface area (Å²) in [5.41, 5.74) is 0. The summed E-state index contributed by atoms with van der Waals surface area (Å²) >= 11 is 0. The molecule has 0 radical (unpaired) electrons. The van der Waals surface area contributed by atoms with Crippen molar-refractivity contribution in [2.24, 2.45) is 0 Å². The van der Waals surface area contributed by atoms with Gasteiger partial charge in [-0.15, -0.1) is 5.06 Å². The number of hydrogen-bond donors (Lipinski definition) is 1. The quantitative estimate of drug-likeness (QED) is 0.473. The second-order valence-corrected chi connectivity index (χ2v) is 4.13. The van der Waals surface area contributed by atoms with Crippen molar-refractivity contribution < 1.29 is 19.3 Å². The van der Waals surface area contributed by atoms with Crippen molar-refractivity contribution in [3.8, 4) is 0 Å². The Hall–Kier alpha value is -1.56. The van der Waals surface area contributed by atoms with Crippen molar-refractivity contribution in [2.45, 2.75) is 12.8 Å². The topological polar surface area (TPSA) is 54.3 Å². The Kier molecular flexibility index (Phi) is 3.89. The predicted molar refractivity (Wildman–Crippen MR) is 56.8 cm³/mol. The molecule has 1 heterocycles. The molecule has 16 heavy (non-hydrogen) atoms. The molecule has 0 aromatic carbocycles. The molecule has 1 saturated heterocycles. The zero-order chi connectivity index (χ0) is 12.3. The van der Waals surface area contributed by atoms with Gasteiger partial charge in [-0.1, -0.05) is 0 Å². The molecule has 1 aliphatic rings. The van der Waals surface area contributed by atoms with Crippen LogP contribution in [0.3, 0.4) is 0 Å². The third-order valence-electron chi connectivity index (χ3n) is 2.04. The maximum Gasteiger partial charge on any atom is 0.276 e. The molecule has 90 valence electrons. The van der Waals surface area contributed by atoms with E-state index < -0.39 is 0 Å². The molecule has 2 amide bonds. The van der Waals surface area contributed by atoms with E-state index in [0.717, 1.165) is 9.96 Å². The molecule has 6 heteroatoms. The Bertz CT molecular complexity index is 307. The number of nitrogens with zero attached hydrogens (tertiary/aromatic N) is 2. The summed E-state index contributed by atoms with van der Waals surface area (Å²) in [7, 11) is 7.42. The monoisotopic (exact) mass is 228 g/mol. The number of amides is 2. The average molecular weight is 228 g/mol. The maximum atomic E-state index is 11.4. The van der Waals surface area contributed by atoms with Crippen molar-refractivity contribution in [1.82, 2.24) is 9.96 Å². The lowest BCUT2D eigenvalue weighted by atomic mass is 10.4. The smallest absolute Gasteiger partial charge is 0.276 e. The average Bonchev–Trinajstić information content (AvgIpc) is 2.47. The lowest BCUT2D eigenvalue weighted by Gasteiger charge is -2.21. The maximum absolute atomic E-state index is 11.4. The van der Waals surface area contributed by atoms with Gasteiger partial charge in [-0.3, -0.25) is 9.59 Å². The van der Waals surface area contributed by atoms with Crippen molar-refractivity contribution in [1.29, 1.82) is 0 Å². The van der Waals surface area contributed by atoms with Crippen LogP contribution in [-0.4, -0.2) is 50.0 Å². The van der Waals surface area contributed by atoms with Gasteiger partial charge in [0.25, 0.3) is 17.7 Å². The van der Waals surface area contributed by atoms with E-state index in [0.29, 0.717) is 5.88 Å². The summed E-state index contributed by atoms with van der Waals surface area (Å²) in [5, 5.41) is 0.842. The first-order valence-corrected chi connectivity index (χ1v) is 5.14. The van der Waals surface area contributed by atoms with Crippen LogP contribution in [0.4, 0.5) is 0 Å². The molecule has 0 bridgehead atoms. The van der Waals surface area contributed by atoms with E-state index in [9.17, 15) is 9.59 Å². The van der Waals surface area contributed by atoms with Gasteiger partial charge in [-0.2, -0.15) is 0 Å². The Morgan fingerprint density at radius 3 is 2.19 bits per heavy atom. The first kappa shape index (κ1) is 12.5. The third kappa shape index (κ3) is 2.96. The highest BCUT2D eigenvalue weighted by molar-refractivity contribution is 6.00. The van der Waals surface area contributed by atoms with E-state index in [2.05, 4.69) is 0 Å². The van der Waals surface area contributed by atoms with Gasteiger partial charge in [0.2, 0.25) is 0 Å². The van der Waals surface area contributed by atoms with Gasteiger partial charge in [0.05, 0.1) is 14.1 Å². The Morgan fingerprint density at radius 2 is 1.81 bits per heavy atom. The fourth-order valence-electron chi connectivity index (χ4n) is 1.24. The van der Waals surface area contributed by atoms with Crippen molar-refractivity contribution >= 4 is 11.8 Å². The highest BCUT2D eigenvalue weighted by Gasteiger charge is 2.32. The van der Waals surface area contributed by atoms with Crippen LogP contribution in [0.5, 0.6) is 0 Å². The molecule has 0 aromatic heterocycles. The zero-order valence-electron chi connectivity index (χ0n) is 10.1. The van der Waals surface area contributed by atoms with Crippen molar-refractivity contribution in [2.75, 3.05) is 28.2 Å². The summed E-state index contributed by atoms with van der Waals surface area (Å²) in [6.45, 7) is 0. The summed E-state index contributed by atoms with van der Waals surface area (Å²) in [6, 6.07) is 0. The molecule has 0 saturated carbocycles. The molecule has 0 aromatic rings. The second kappa shape index (κ2) is 4.98. The summed E-state index contributed by atoms with van der Waals surface area (Å²) in [5.74, 6) is -0.0957. The normalized spacial score (nSPS) is 17.3. The van der Waals surface area contributed by atoms with E-state index in [1.54, 1.807) is 25.2 Å². The molecule has 0 unspecified atom stereocenters. The van der Waals surface area contributed by atoms with Gasteiger partial charge in [0.1, 0.15) is 0 Å². The van der Waals surface area contributed by atoms with Crippen LogP contribution in [0.1, 0.15) is 12.8 Å². The highest BCUT2D eigenvalue weighted by atomic mass is 16.7. The van der Waals surface area contributed by atoms with E-state index in [-0.39, 0.29) is 24.7 Å². The molecule has 1 rings (SSSR count). The zero-order valence-corrected chi connectivity index (χ0v) is 10.1. The van der Waals surface area contributed by atoms with Gasteiger partial charge in [-0.05, 0) is 0 Å². The fraction of sp³-hybridized carbons (Fsp3) is 0.600. The van der Waals surface area contributed by atoms with Crippen LogP contribution in [-0.2, 0) is 14.4 Å². The standard InChI is InChI=1S/C10H17N3O3/c1-11(2)7-10(12(3)4)16-13-8(14)5-6-9(13)15/h7H,5-6H2,1-4H3/p+1. The van der Waals surface area contributed by atoms with Crippen LogP contribution in [0.2, 0.25) is 0 Å². The van der Waals surface area contributed by atoms with E-state index in [1.807, 2.05) is 14.1 Å². The number of carbonyl (C=O) groups excluding carboxylic acids is 2. The number of quaternary nitrogens is 1. The van der Waals surface area contributed by atoms with Crippen LogP contribution in [0, 0.1) is 0 Å². The molecular formula is C10H18N3O3+. The van der Waals surface area contributed by atoms with Gasteiger partial charge in [-0.25, -0.2) is 0 Å². The minimum atomic E-state index is -0.286. The highest BCUT2D eigenvalue weighted by Crippen LogP contribution is 2.15. The number of carbonyl (C=O) groups is 2. The number of hydrogen-bond acceptors (Lipinski definition) is 4. The molecule has 1 N–H and O–H groups in total. The second-order valence-electron chi connectivity index (χ2n) is 4.13. The number of imide groups is 1. The Labute approximate surface area is 95.0 Å².